The maximum Gasteiger partial charge on any atom is 0.407 e. The van der Waals surface area contributed by atoms with Gasteiger partial charge in [-0.15, -0.1) is 0 Å². The Bertz CT molecular complexity index is 645. The molecule has 1 aliphatic heterocycles. The second-order valence-corrected chi connectivity index (χ2v) is 5.70. The molecule has 0 radical (unpaired) electrons. The van der Waals surface area contributed by atoms with E-state index in [0.29, 0.717) is 0 Å². The van der Waals surface area contributed by atoms with Crippen LogP contribution in [0.2, 0.25) is 0 Å². The molecular formula is C18H22N2O6. The van der Waals surface area contributed by atoms with Crippen molar-refractivity contribution in [1.82, 2.24) is 10.2 Å². The molecule has 3 amide bonds. The van der Waals surface area contributed by atoms with Crippen LogP contribution in [-0.2, 0) is 30.5 Å². The first-order valence-corrected chi connectivity index (χ1v) is 8.49. The lowest BCUT2D eigenvalue weighted by Gasteiger charge is -2.24. The van der Waals surface area contributed by atoms with Crippen molar-refractivity contribution < 1.29 is 28.7 Å². The van der Waals surface area contributed by atoms with Crippen LogP contribution < -0.4 is 5.32 Å². The molecule has 1 fully saturated rings. The molecule has 1 aromatic carbocycles. The van der Waals surface area contributed by atoms with E-state index in [0.717, 1.165) is 10.5 Å². The zero-order valence-corrected chi connectivity index (χ0v) is 14.6. The van der Waals surface area contributed by atoms with Crippen molar-refractivity contribution in [3.05, 3.63) is 35.9 Å². The minimum atomic E-state index is -1.04. The van der Waals surface area contributed by atoms with Gasteiger partial charge in [-0.05, 0) is 18.9 Å². The van der Waals surface area contributed by atoms with Gasteiger partial charge in [-0.25, -0.2) is 9.59 Å². The highest BCUT2D eigenvalue weighted by Gasteiger charge is 2.39. The highest BCUT2D eigenvalue weighted by molar-refractivity contribution is 6.05. The second-order valence-electron chi connectivity index (χ2n) is 5.70. The minimum Gasteiger partial charge on any atom is -0.464 e. The van der Waals surface area contributed by atoms with Gasteiger partial charge >= 0.3 is 12.1 Å². The van der Waals surface area contributed by atoms with Crippen LogP contribution in [0.3, 0.4) is 0 Å². The van der Waals surface area contributed by atoms with E-state index in [-0.39, 0.29) is 39.0 Å². The molecule has 0 saturated carbocycles. The van der Waals surface area contributed by atoms with E-state index >= 15 is 0 Å². The molecule has 1 atom stereocenters. The van der Waals surface area contributed by atoms with Crippen molar-refractivity contribution in [2.45, 2.75) is 38.8 Å². The summed E-state index contributed by atoms with van der Waals surface area (Å²) in [7, 11) is 0. The molecule has 1 heterocycles. The van der Waals surface area contributed by atoms with Crippen molar-refractivity contribution in [2.24, 2.45) is 0 Å². The number of carbonyl (C=O) groups is 4. The molecule has 1 unspecified atom stereocenters. The Morgan fingerprint density at radius 1 is 1.12 bits per heavy atom. The number of hydrogen-bond acceptors (Lipinski definition) is 6. The summed E-state index contributed by atoms with van der Waals surface area (Å²) in [6, 6.07) is 8.16. The van der Waals surface area contributed by atoms with Gasteiger partial charge in [0.1, 0.15) is 12.6 Å². The van der Waals surface area contributed by atoms with E-state index in [9.17, 15) is 19.2 Å². The lowest BCUT2D eigenvalue weighted by atomic mass is 10.2. The Labute approximate surface area is 151 Å². The number of ether oxygens (including phenoxy) is 2. The number of carbonyl (C=O) groups excluding carboxylic acids is 4. The summed E-state index contributed by atoms with van der Waals surface area (Å²) in [5, 5.41) is 2.52. The average molecular weight is 362 g/mol. The van der Waals surface area contributed by atoms with Gasteiger partial charge in [-0.2, -0.15) is 0 Å². The minimum absolute atomic E-state index is 0.0637. The number of nitrogens with zero attached hydrogens (tertiary/aromatic N) is 1. The molecule has 1 aromatic rings. The van der Waals surface area contributed by atoms with E-state index in [1.807, 2.05) is 30.3 Å². The van der Waals surface area contributed by atoms with Gasteiger partial charge in [-0.1, -0.05) is 30.3 Å². The van der Waals surface area contributed by atoms with E-state index in [1.165, 1.54) is 0 Å². The van der Waals surface area contributed by atoms with Gasteiger partial charge < -0.3 is 14.8 Å². The fraction of sp³-hybridized carbons (Fsp3) is 0.444. The van der Waals surface area contributed by atoms with Crippen molar-refractivity contribution >= 4 is 23.9 Å². The normalized spacial score (nSPS) is 14.9. The van der Waals surface area contributed by atoms with E-state index in [1.54, 1.807) is 6.92 Å². The molecule has 0 bridgehead atoms. The smallest absolute Gasteiger partial charge is 0.407 e. The van der Waals surface area contributed by atoms with Crippen LogP contribution in [0.4, 0.5) is 4.79 Å². The molecule has 140 valence electrons. The third-order valence-electron chi connectivity index (χ3n) is 3.86. The fourth-order valence-corrected chi connectivity index (χ4v) is 2.62. The number of hydrogen-bond donors (Lipinski definition) is 1. The van der Waals surface area contributed by atoms with Crippen LogP contribution in [-0.4, -0.2) is 48.0 Å². The van der Waals surface area contributed by atoms with Crippen molar-refractivity contribution in [3.8, 4) is 0 Å². The molecule has 0 aromatic heterocycles. The average Bonchev–Trinajstić information content (AvgIpc) is 2.96. The van der Waals surface area contributed by atoms with Crippen molar-refractivity contribution in [3.63, 3.8) is 0 Å². The Morgan fingerprint density at radius 3 is 2.38 bits per heavy atom. The molecule has 8 heteroatoms. The Kier molecular flexibility index (Phi) is 7.13. The summed E-state index contributed by atoms with van der Waals surface area (Å²) in [5.74, 6) is -1.46. The summed E-state index contributed by atoms with van der Waals surface area (Å²) in [6.07, 6.45) is -0.408. The largest absolute Gasteiger partial charge is 0.464 e. The van der Waals surface area contributed by atoms with Gasteiger partial charge in [-0.3, -0.25) is 14.5 Å². The SMILES string of the molecule is CCOC(=O)C(CCNC(=O)OCc1ccccc1)N1C(=O)CCC1=O. The maximum absolute atomic E-state index is 12.1. The van der Waals surface area contributed by atoms with Crippen molar-refractivity contribution in [1.29, 1.82) is 0 Å². The van der Waals surface area contributed by atoms with Gasteiger partial charge in [0.05, 0.1) is 6.61 Å². The standard InChI is InChI=1S/C18H22N2O6/c1-2-25-17(23)14(20-15(21)8-9-16(20)22)10-11-19-18(24)26-12-13-6-4-3-5-7-13/h3-7,14H,2,8-12H2,1H3,(H,19,24). The summed E-state index contributed by atoms with van der Waals surface area (Å²) >= 11 is 0. The van der Waals surface area contributed by atoms with E-state index in [2.05, 4.69) is 5.32 Å². The number of amides is 3. The topological polar surface area (TPSA) is 102 Å². The zero-order chi connectivity index (χ0) is 18.9. The molecule has 8 nitrogen and oxygen atoms in total. The summed E-state index contributed by atoms with van der Waals surface area (Å²) < 4.78 is 10.0. The molecule has 2 rings (SSSR count). The number of alkyl carbamates (subject to hydrolysis) is 1. The third kappa shape index (κ3) is 5.30. The van der Waals surface area contributed by atoms with E-state index in [4.69, 9.17) is 9.47 Å². The van der Waals surface area contributed by atoms with Crippen LogP contribution in [0, 0.1) is 0 Å². The Morgan fingerprint density at radius 2 is 1.77 bits per heavy atom. The summed E-state index contributed by atoms with van der Waals surface area (Å²) in [4.78, 5) is 48.5. The Balaban J connectivity index is 1.84. The summed E-state index contributed by atoms with van der Waals surface area (Å²) in [6.45, 7) is 1.96. The first kappa shape index (κ1) is 19.4. The number of likely N-dealkylation sites (tertiary alicyclic amines) is 1. The molecule has 1 aliphatic rings. The number of rotatable bonds is 8. The quantitative estimate of drug-likeness (QED) is 0.554. The van der Waals surface area contributed by atoms with Crippen molar-refractivity contribution in [2.75, 3.05) is 13.2 Å². The van der Waals surface area contributed by atoms with Gasteiger partial charge in [0, 0.05) is 19.4 Å². The number of benzene rings is 1. The summed E-state index contributed by atoms with van der Waals surface area (Å²) in [5.41, 5.74) is 0.848. The Hall–Kier alpha value is -2.90. The lowest BCUT2D eigenvalue weighted by molar-refractivity contribution is -0.158. The van der Waals surface area contributed by atoms with Crippen LogP contribution in [0.5, 0.6) is 0 Å². The van der Waals surface area contributed by atoms with Crippen LogP contribution in [0.25, 0.3) is 0 Å². The monoisotopic (exact) mass is 362 g/mol. The maximum atomic E-state index is 12.1. The molecular weight excluding hydrogens is 340 g/mol. The lowest BCUT2D eigenvalue weighted by Crippen LogP contribution is -2.47. The molecule has 26 heavy (non-hydrogen) atoms. The third-order valence-corrected chi connectivity index (χ3v) is 3.86. The zero-order valence-electron chi connectivity index (χ0n) is 14.6. The van der Waals surface area contributed by atoms with Crippen LogP contribution >= 0.6 is 0 Å². The molecule has 1 N–H and O–H groups in total. The number of nitrogens with one attached hydrogen (secondary N) is 1. The van der Waals surface area contributed by atoms with Gasteiger partial charge in [0.2, 0.25) is 11.8 Å². The highest BCUT2D eigenvalue weighted by Crippen LogP contribution is 2.18. The first-order valence-electron chi connectivity index (χ1n) is 8.49. The van der Waals surface area contributed by atoms with Gasteiger partial charge in [0.15, 0.2) is 0 Å². The second kappa shape index (κ2) is 9.55. The number of imide groups is 1. The fourth-order valence-electron chi connectivity index (χ4n) is 2.62. The predicted octanol–water partition coefficient (Wildman–Crippen LogP) is 1.38. The van der Waals surface area contributed by atoms with Crippen LogP contribution in [0.1, 0.15) is 31.7 Å². The molecule has 1 saturated heterocycles. The molecule has 0 spiro atoms. The molecule has 0 aliphatic carbocycles. The predicted molar refractivity (Wildman–Crippen MR) is 90.8 cm³/mol. The highest BCUT2D eigenvalue weighted by atomic mass is 16.5. The number of esters is 1. The van der Waals surface area contributed by atoms with Crippen LogP contribution in [0.15, 0.2) is 30.3 Å². The van der Waals surface area contributed by atoms with Gasteiger partial charge in [0.25, 0.3) is 0 Å². The first-order chi connectivity index (χ1) is 12.5. The van der Waals surface area contributed by atoms with E-state index < -0.39 is 29.9 Å².